The van der Waals surface area contributed by atoms with E-state index < -0.39 is 5.66 Å². The number of thioether (sulfide) groups is 1. The van der Waals surface area contributed by atoms with Gasteiger partial charge in [-0.3, -0.25) is 9.69 Å². The van der Waals surface area contributed by atoms with Crippen molar-refractivity contribution in [3.8, 4) is 6.07 Å². The molecule has 0 bridgehead atoms. The Balaban J connectivity index is 2.02. The highest BCUT2D eigenvalue weighted by Gasteiger charge is 2.49. The first-order valence-electron chi connectivity index (χ1n) is 9.26. The molecule has 6 heteroatoms. The standard InChI is InChI=1S/C24H17N3OS2/c1-30-23(29)24(16-25)26-21(17-10-4-2-5-11-17)19-14-8-9-15-20(19)27(24)22(28)18-12-6-3-7-13-18/h2-15H,1H3/t24-/m1/s1. The van der Waals surface area contributed by atoms with Crippen molar-refractivity contribution in [1.82, 2.24) is 0 Å². The highest BCUT2D eigenvalue weighted by molar-refractivity contribution is 8.23. The minimum absolute atomic E-state index is 0.317. The van der Waals surface area contributed by atoms with Crippen LogP contribution in [0.15, 0.2) is 89.9 Å². The molecule has 1 aliphatic rings. The first kappa shape index (κ1) is 20.0. The summed E-state index contributed by atoms with van der Waals surface area (Å²) in [7, 11) is 0. The number of para-hydroxylation sites is 1. The number of fused-ring (bicyclic) bond motifs is 1. The van der Waals surface area contributed by atoms with E-state index in [1.165, 1.54) is 16.7 Å². The smallest absolute Gasteiger partial charge is 0.269 e. The summed E-state index contributed by atoms with van der Waals surface area (Å²) in [6, 6.07) is 28.3. The molecule has 1 amide bonds. The van der Waals surface area contributed by atoms with Gasteiger partial charge in [-0.15, -0.1) is 11.8 Å². The maximum absolute atomic E-state index is 13.6. The first-order valence-corrected chi connectivity index (χ1v) is 10.9. The summed E-state index contributed by atoms with van der Waals surface area (Å²) in [5.74, 6) is -0.322. The Kier molecular flexibility index (Phi) is 5.49. The Morgan fingerprint density at radius 3 is 2.23 bits per heavy atom. The van der Waals surface area contributed by atoms with Gasteiger partial charge in [0.15, 0.2) is 0 Å². The van der Waals surface area contributed by atoms with E-state index in [9.17, 15) is 10.1 Å². The van der Waals surface area contributed by atoms with Gasteiger partial charge in [0.1, 0.15) is 10.3 Å². The van der Waals surface area contributed by atoms with Crippen molar-refractivity contribution in [2.75, 3.05) is 11.2 Å². The number of aliphatic imine (C=N–C) groups is 1. The van der Waals surface area contributed by atoms with Gasteiger partial charge < -0.3 is 0 Å². The number of amides is 1. The van der Waals surface area contributed by atoms with E-state index in [0.717, 1.165) is 11.1 Å². The van der Waals surface area contributed by atoms with Crippen LogP contribution in [0.2, 0.25) is 0 Å². The lowest BCUT2D eigenvalue weighted by Crippen LogP contribution is -2.57. The van der Waals surface area contributed by atoms with Crippen molar-refractivity contribution in [2.24, 2.45) is 4.99 Å². The second kappa shape index (κ2) is 8.23. The number of carbonyl (C=O) groups excluding carboxylic acids is 1. The van der Waals surface area contributed by atoms with E-state index in [1.807, 2.05) is 60.7 Å². The maximum atomic E-state index is 13.6. The van der Waals surface area contributed by atoms with Crippen LogP contribution in [0.4, 0.5) is 5.69 Å². The maximum Gasteiger partial charge on any atom is 0.270 e. The monoisotopic (exact) mass is 427 g/mol. The van der Waals surface area contributed by atoms with E-state index in [2.05, 4.69) is 6.07 Å². The number of anilines is 1. The van der Waals surface area contributed by atoms with E-state index in [0.29, 0.717) is 21.2 Å². The molecule has 0 radical (unpaired) electrons. The highest BCUT2D eigenvalue weighted by Crippen LogP contribution is 2.39. The normalized spacial score (nSPS) is 17.5. The van der Waals surface area contributed by atoms with Crippen LogP contribution in [0.25, 0.3) is 0 Å². The number of rotatable bonds is 3. The SMILES string of the molecule is CSC(=S)[C@]1(C#N)N=C(c2ccccc2)c2ccccc2N1C(=O)c1ccccc1. The number of carbonyl (C=O) groups is 1. The molecule has 1 atom stereocenters. The Hall–Kier alpha value is -3.27. The van der Waals surface area contributed by atoms with E-state index in [4.69, 9.17) is 17.2 Å². The van der Waals surface area contributed by atoms with Crippen LogP contribution in [-0.2, 0) is 0 Å². The molecule has 4 rings (SSSR count). The van der Waals surface area contributed by atoms with Crippen molar-refractivity contribution >= 4 is 45.5 Å². The van der Waals surface area contributed by atoms with Gasteiger partial charge in [0.2, 0.25) is 0 Å². The molecule has 3 aromatic carbocycles. The molecule has 0 aliphatic carbocycles. The molecule has 3 aromatic rings. The number of nitriles is 1. The van der Waals surface area contributed by atoms with Crippen LogP contribution < -0.4 is 4.90 Å². The highest BCUT2D eigenvalue weighted by atomic mass is 32.2. The summed E-state index contributed by atoms with van der Waals surface area (Å²) in [5.41, 5.74) is 1.72. The van der Waals surface area contributed by atoms with Crippen LogP contribution >= 0.6 is 24.0 Å². The number of benzene rings is 3. The minimum Gasteiger partial charge on any atom is -0.269 e. The van der Waals surface area contributed by atoms with Gasteiger partial charge >= 0.3 is 0 Å². The van der Waals surface area contributed by atoms with Gasteiger partial charge in [-0.2, -0.15) is 5.26 Å². The molecular weight excluding hydrogens is 410 g/mol. The Bertz CT molecular complexity index is 1190. The van der Waals surface area contributed by atoms with E-state index in [1.54, 1.807) is 30.5 Å². The summed E-state index contributed by atoms with van der Waals surface area (Å²) in [5, 5.41) is 10.3. The fourth-order valence-electron chi connectivity index (χ4n) is 3.50. The molecule has 0 fully saturated rings. The minimum atomic E-state index is -1.64. The Morgan fingerprint density at radius 2 is 1.60 bits per heavy atom. The third-order valence-electron chi connectivity index (χ3n) is 4.89. The van der Waals surface area contributed by atoms with Gasteiger partial charge in [0.05, 0.1) is 11.4 Å². The van der Waals surface area contributed by atoms with E-state index in [-0.39, 0.29) is 5.91 Å². The van der Waals surface area contributed by atoms with Gasteiger partial charge in [0.25, 0.3) is 11.6 Å². The lowest BCUT2D eigenvalue weighted by Gasteiger charge is -2.40. The van der Waals surface area contributed by atoms with Gasteiger partial charge in [0, 0.05) is 16.7 Å². The average Bonchev–Trinajstić information content (AvgIpc) is 2.83. The first-order chi connectivity index (χ1) is 14.6. The second-order valence-electron chi connectivity index (χ2n) is 6.63. The molecule has 0 spiro atoms. The molecule has 0 unspecified atom stereocenters. The average molecular weight is 428 g/mol. The van der Waals surface area contributed by atoms with Crippen molar-refractivity contribution in [3.63, 3.8) is 0 Å². The fraction of sp³-hybridized carbons (Fsp3) is 0.0833. The summed E-state index contributed by atoms with van der Waals surface area (Å²) in [6.45, 7) is 0. The zero-order valence-electron chi connectivity index (χ0n) is 16.1. The van der Waals surface area contributed by atoms with Crippen molar-refractivity contribution < 1.29 is 4.79 Å². The lowest BCUT2D eigenvalue weighted by molar-refractivity contribution is 0.0976. The summed E-state index contributed by atoms with van der Waals surface area (Å²) >= 11 is 6.86. The third-order valence-corrected chi connectivity index (χ3v) is 6.33. The lowest BCUT2D eigenvalue weighted by atomic mass is 9.94. The number of hydrogen-bond donors (Lipinski definition) is 0. The van der Waals surface area contributed by atoms with Crippen LogP contribution in [0.1, 0.15) is 21.5 Å². The molecule has 0 saturated carbocycles. The van der Waals surface area contributed by atoms with Crippen molar-refractivity contribution in [1.29, 1.82) is 5.26 Å². The molecule has 1 aliphatic heterocycles. The van der Waals surface area contributed by atoms with Gasteiger partial charge in [-0.05, 0) is 24.5 Å². The number of hydrogen-bond acceptors (Lipinski definition) is 5. The second-order valence-corrected chi connectivity index (χ2v) is 8.11. The fourth-order valence-corrected chi connectivity index (χ4v) is 4.15. The summed E-state index contributed by atoms with van der Waals surface area (Å²) in [6.07, 6.45) is 1.80. The van der Waals surface area contributed by atoms with Crippen molar-refractivity contribution in [2.45, 2.75) is 5.66 Å². The van der Waals surface area contributed by atoms with E-state index >= 15 is 0 Å². The quantitative estimate of drug-likeness (QED) is 0.546. The van der Waals surface area contributed by atoms with Crippen LogP contribution in [0.3, 0.4) is 0 Å². The zero-order chi connectivity index (χ0) is 21.1. The predicted octanol–water partition coefficient (Wildman–Crippen LogP) is 5.09. The third kappa shape index (κ3) is 3.22. The molecular formula is C24H17N3OS2. The Morgan fingerprint density at radius 1 is 1.00 bits per heavy atom. The molecule has 0 aromatic heterocycles. The van der Waals surface area contributed by atoms with Crippen LogP contribution in [-0.4, -0.2) is 27.7 Å². The number of nitrogens with zero attached hydrogens (tertiary/aromatic N) is 3. The summed E-state index contributed by atoms with van der Waals surface area (Å²) < 4.78 is 0.317. The van der Waals surface area contributed by atoms with Gasteiger partial charge in [-0.25, -0.2) is 4.99 Å². The van der Waals surface area contributed by atoms with Crippen LogP contribution in [0.5, 0.6) is 0 Å². The molecule has 1 heterocycles. The molecule has 0 N–H and O–H groups in total. The summed E-state index contributed by atoms with van der Waals surface area (Å²) in [4.78, 5) is 19.9. The molecule has 146 valence electrons. The Labute approximate surface area is 184 Å². The molecule has 30 heavy (non-hydrogen) atoms. The molecule has 0 saturated heterocycles. The number of thiocarbonyl (C=S) groups is 1. The van der Waals surface area contributed by atoms with Crippen molar-refractivity contribution in [3.05, 3.63) is 102 Å². The topological polar surface area (TPSA) is 56.5 Å². The zero-order valence-corrected chi connectivity index (χ0v) is 17.8. The van der Waals surface area contributed by atoms with Crippen LogP contribution in [0, 0.1) is 11.3 Å². The largest absolute Gasteiger partial charge is 0.270 e. The predicted molar refractivity (Wildman–Crippen MR) is 126 cm³/mol. The van der Waals surface area contributed by atoms with Gasteiger partial charge in [-0.1, -0.05) is 78.9 Å². The molecule has 4 nitrogen and oxygen atoms in total.